The van der Waals surface area contributed by atoms with E-state index in [0.29, 0.717) is 23.4 Å². The molecule has 0 atom stereocenters. The largest absolute Gasteiger partial charge is 0.292 e. The van der Waals surface area contributed by atoms with Gasteiger partial charge in [-0.25, -0.2) is 15.0 Å². The number of aromatic nitrogens is 6. The van der Waals surface area contributed by atoms with Gasteiger partial charge < -0.3 is 0 Å². The van der Waals surface area contributed by atoms with Crippen molar-refractivity contribution in [2.75, 3.05) is 0 Å². The first-order valence-electron chi connectivity index (χ1n) is 19.6. The van der Waals surface area contributed by atoms with Crippen LogP contribution in [0.3, 0.4) is 0 Å². The van der Waals surface area contributed by atoms with Crippen molar-refractivity contribution in [2.24, 2.45) is 0 Å². The van der Waals surface area contributed by atoms with E-state index in [1.807, 2.05) is 77.4 Å². The zero-order valence-electron chi connectivity index (χ0n) is 32.0. The predicted octanol–water partition coefficient (Wildman–Crippen LogP) is 10.2. The van der Waals surface area contributed by atoms with Crippen LogP contribution < -0.4 is 10.4 Å². The van der Waals surface area contributed by atoms with Gasteiger partial charge in [-0.3, -0.25) is 4.57 Å². The molecule has 4 aliphatic rings. The summed E-state index contributed by atoms with van der Waals surface area (Å²) < 4.78 is 2.04. The minimum atomic E-state index is -0.374. The van der Waals surface area contributed by atoms with Crippen LogP contribution in [-0.2, 0) is 5.41 Å². The molecule has 11 rings (SSSR count). The summed E-state index contributed by atoms with van der Waals surface area (Å²) in [5, 5.41) is 2.51. The maximum atomic E-state index is 5.38. The summed E-state index contributed by atoms with van der Waals surface area (Å²) in [5.74, 6) is 2.46. The molecule has 0 radical (unpaired) electrons. The molecule has 1 aliphatic heterocycles. The molecule has 5 aromatic carbocycles. The number of hydrogen-bond acceptors (Lipinski definition) is 5. The minimum absolute atomic E-state index is 0.374. The lowest BCUT2D eigenvalue weighted by atomic mass is 9.69. The SMILES string of the molecule is CC1(C)C2=c3ccccc3=CC2=Cc2c(-c3nc(-c4ccccc4)cc(-c4ccccc4)n3)c3ccn(-c4nc(-c5ccccc5)nc(-c5ccccc5)n4)cc-3c21. The Bertz CT molecular complexity index is 3050. The highest BCUT2D eigenvalue weighted by Gasteiger charge is 2.41. The highest BCUT2D eigenvalue weighted by atomic mass is 15.2. The van der Waals surface area contributed by atoms with Crippen LogP contribution >= 0.6 is 0 Å². The van der Waals surface area contributed by atoms with E-state index in [1.54, 1.807) is 0 Å². The lowest BCUT2D eigenvalue weighted by Gasteiger charge is -2.33. The summed E-state index contributed by atoms with van der Waals surface area (Å²) in [7, 11) is 0. The Morgan fingerprint density at radius 2 is 1.02 bits per heavy atom. The molecule has 0 N–H and O–H groups in total. The topological polar surface area (TPSA) is 69.4 Å². The molecule has 0 saturated heterocycles. The van der Waals surface area contributed by atoms with Gasteiger partial charge >= 0.3 is 0 Å². The summed E-state index contributed by atoms with van der Waals surface area (Å²) in [6.07, 6.45) is 8.95. The standard InChI is InChI=1S/C52H36N6/c1-52(2)46-38(29-37-25-15-16-26-39(37)46)30-41-45(50-53-43(33-17-7-3-8-18-33)31-44(54-50)34-19-9-4-10-20-34)40-27-28-58(32-42(40)47(41)52)51-56-48(35-21-11-5-12-22-35)55-49(57-51)36-23-13-6-14-24-36/h3-32H,1-2H3. The Morgan fingerprint density at radius 3 is 1.60 bits per heavy atom. The summed E-state index contributed by atoms with van der Waals surface area (Å²) in [5.41, 5.74) is 13.4. The van der Waals surface area contributed by atoms with E-state index in [4.69, 9.17) is 24.9 Å². The Kier molecular flexibility index (Phi) is 7.73. The zero-order chi connectivity index (χ0) is 38.8. The van der Waals surface area contributed by atoms with Gasteiger partial charge in [0.15, 0.2) is 17.5 Å². The second-order valence-corrected chi connectivity index (χ2v) is 15.4. The molecule has 0 bridgehead atoms. The smallest absolute Gasteiger partial charge is 0.237 e. The highest BCUT2D eigenvalue weighted by molar-refractivity contribution is 6.06. The summed E-state index contributed by atoms with van der Waals surface area (Å²) in [4.78, 5) is 25.9. The van der Waals surface area contributed by atoms with Crippen LogP contribution in [0.15, 0.2) is 176 Å². The fourth-order valence-electron chi connectivity index (χ4n) is 8.83. The van der Waals surface area contributed by atoms with Gasteiger partial charge in [0.25, 0.3) is 0 Å². The Hall–Kier alpha value is -7.57. The van der Waals surface area contributed by atoms with Crippen LogP contribution in [-0.4, -0.2) is 29.5 Å². The molecule has 0 amide bonds. The number of rotatable bonds is 6. The van der Waals surface area contributed by atoms with Crippen LogP contribution in [0, 0.1) is 0 Å². The van der Waals surface area contributed by atoms with Crippen molar-refractivity contribution in [1.82, 2.24) is 29.5 Å². The normalized spacial score (nSPS) is 13.7. The molecule has 0 saturated carbocycles. The Labute approximate surface area is 336 Å². The average Bonchev–Trinajstić information content (AvgIpc) is 3.84. The van der Waals surface area contributed by atoms with Crippen molar-refractivity contribution in [3.05, 3.63) is 197 Å². The third kappa shape index (κ3) is 5.52. The molecule has 3 aliphatic carbocycles. The number of pyridine rings is 1. The summed E-state index contributed by atoms with van der Waals surface area (Å²) in [6, 6.07) is 54.0. The molecule has 0 unspecified atom stereocenters. The lowest BCUT2D eigenvalue weighted by molar-refractivity contribution is 0.689. The molecule has 6 nitrogen and oxygen atoms in total. The number of benzene rings is 5. The Balaban J connectivity index is 1.20. The third-order valence-electron chi connectivity index (χ3n) is 11.4. The highest BCUT2D eigenvalue weighted by Crippen LogP contribution is 2.55. The van der Waals surface area contributed by atoms with Crippen molar-refractivity contribution >= 4 is 17.7 Å². The molecule has 7 aromatic rings. The van der Waals surface area contributed by atoms with Crippen molar-refractivity contribution in [2.45, 2.75) is 19.3 Å². The van der Waals surface area contributed by atoms with Gasteiger partial charge in [-0.15, -0.1) is 0 Å². The quantitative estimate of drug-likeness (QED) is 0.170. The van der Waals surface area contributed by atoms with E-state index < -0.39 is 0 Å². The number of fused-ring (bicyclic) bond motifs is 5. The molecule has 0 fully saturated rings. The van der Waals surface area contributed by atoms with E-state index in [0.717, 1.165) is 55.9 Å². The van der Waals surface area contributed by atoms with Crippen molar-refractivity contribution in [3.63, 3.8) is 0 Å². The van der Waals surface area contributed by atoms with Gasteiger partial charge in [0.05, 0.1) is 11.4 Å². The number of nitrogens with zero attached hydrogens (tertiary/aromatic N) is 6. The fraction of sp³-hybridized carbons (Fsp3) is 0.0577. The van der Waals surface area contributed by atoms with Gasteiger partial charge in [0.2, 0.25) is 5.95 Å². The van der Waals surface area contributed by atoms with E-state index >= 15 is 0 Å². The molecule has 3 heterocycles. The van der Waals surface area contributed by atoms with Gasteiger partial charge in [-0.2, -0.15) is 9.97 Å². The second kappa shape index (κ2) is 13.3. The Morgan fingerprint density at radius 1 is 0.483 bits per heavy atom. The third-order valence-corrected chi connectivity index (χ3v) is 11.4. The van der Waals surface area contributed by atoms with E-state index in [-0.39, 0.29) is 5.41 Å². The van der Waals surface area contributed by atoms with Gasteiger partial charge in [-0.1, -0.05) is 159 Å². The first-order valence-corrected chi connectivity index (χ1v) is 19.6. The monoisotopic (exact) mass is 744 g/mol. The van der Waals surface area contributed by atoms with Crippen LogP contribution in [0.4, 0.5) is 0 Å². The number of allylic oxidation sites excluding steroid dienone is 1. The minimum Gasteiger partial charge on any atom is -0.292 e. The van der Waals surface area contributed by atoms with Crippen molar-refractivity contribution in [3.8, 4) is 73.8 Å². The van der Waals surface area contributed by atoms with Gasteiger partial charge in [0.1, 0.15) is 0 Å². The second-order valence-electron chi connectivity index (χ2n) is 15.4. The van der Waals surface area contributed by atoms with Crippen LogP contribution in [0.5, 0.6) is 0 Å². The fourth-order valence-corrected chi connectivity index (χ4v) is 8.83. The van der Waals surface area contributed by atoms with E-state index in [1.165, 1.54) is 27.1 Å². The van der Waals surface area contributed by atoms with Gasteiger partial charge in [-0.05, 0) is 62.6 Å². The molecule has 0 spiro atoms. The zero-order valence-corrected chi connectivity index (χ0v) is 32.0. The molecule has 6 heteroatoms. The van der Waals surface area contributed by atoms with E-state index in [2.05, 4.69) is 123 Å². The van der Waals surface area contributed by atoms with Crippen LogP contribution in [0.25, 0.3) is 91.5 Å². The molecular formula is C52H36N6. The maximum Gasteiger partial charge on any atom is 0.237 e. The molecule has 274 valence electrons. The first-order chi connectivity index (χ1) is 28.5. The summed E-state index contributed by atoms with van der Waals surface area (Å²) in [6.45, 7) is 4.70. The average molecular weight is 745 g/mol. The first kappa shape index (κ1) is 33.7. The molecule has 58 heavy (non-hydrogen) atoms. The van der Waals surface area contributed by atoms with Crippen LogP contribution in [0.1, 0.15) is 25.0 Å². The van der Waals surface area contributed by atoms with Crippen molar-refractivity contribution in [1.29, 1.82) is 0 Å². The predicted molar refractivity (Wildman–Crippen MR) is 233 cm³/mol. The summed E-state index contributed by atoms with van der Waals surface area (Å²) >= 11 is 0. The molecular weight excluding hydrogens is 709 g/mol. The lowest BCUT2D eigenvalue weighted by Crippen LogP contribution is -2.31. The molecule has 2 aromatic heterocycles. The number of hydrogen-bond donors (Lipinski definition) is 0. The maximum absolute atomic E-state index is 5.38. The van der Waals surface area contributed by atoms with Crippen LogP contribution in [0.2, 0.25) is 0 Å². The van der Waals surface area contributed by atoms with Gasteiger partial charge in [0, 0.05) is 51.2 Å². The van der Waals surface area contributed by atoms with Crippen molar-refractivity contribution < 1.29 is 0 Å². The van der Waals surface area contributed by atoms with E-state index in [9.17, 15) is 0 Å².